The van der Waals surface area contributed by atoms with Crippen LogP contribution in [0.3, 0.4) is 0 Å². The van der Waals surface area contributed by atoms with E-state index in [4.69, 9.17) is 23.7 Å². The number of primary amides is 1. The zero-order valence-electron chi connectivity index (χ0n) is 11.0. The van der Waals surface area contributed by atoms with Crippen molar-refractivity contribution in [3.05, 3.63) is 29.3 Å². The van der Waals surface area contributed by atoms with E-state index in [0.29, 0.717) is 17.5 Å². The Hall–Kier alpha value is -1.51. The van der Waals surface area contributed by atoms with Gasteiger partial charge in [0.15, 0.2) is 0 Å². The lowest BCUT2D eigenvalue weighted by Crippen LogP contribution is -2.26. The Labute approximate surface area is 123 Å². The largest absolute Gasteiger partial charge is 0.389 e. The van der Waals surface area contributed by atoms with Gasteiger partial charge in [-0.05, 0) is 31.0 Å². The fraction of sp³-hybridized carbons (Fsp3) is 0.333. The Morgan fingerprint density at radius 3 is 2.50 bits per heavy atom. The number of sulfonamides is 1. The van der Waals surface area contributed by atoms with Gasteiger partial charge in [0.2, 0.25) is 15.9 Å². The summed E-state index contributed by atoms with van der Waals surface area (Å²) in [7, 11) is -3.62. The lowest BCUT2D eigenvalue weighted by atomic mass is 10.1. The molecule has 0 aliphatic carbocycles. The van der Waals surface area contributed by atoms with Crippen LogP contribution in [0.2, 0.25) is 0 Å². The summed E-state index contributed by atoms with van der Waals surface area (Å²) in [6, 6.07) is 4.65. The Morgan fingerprint density at radius 2 is 2.00 bits per heavy atom. The van der Waals surface area contributed by atoms with Crippen LogP contribution in [0.1, 0.15) is 24.0 Å². The van der Waals surface area contributed by atoms with Gasteiger partial charge < -0.3 is 11.5 Å². The number of thiocarbonyl (C=S) groups is 1. The molecule has 0 atom stereocenters. The summed E-state index contributed by atoms with van der Waals surface area (Å²) in [5, 5.41) is 0. The Bertz CT molecular complexity index is 627. The van der Waals surface area contributed by atoms with Gasteiger partial charge in [0.1, 0.15) is 4.99 Å². The predicted molar refractivity (Wildman–Crippen MR) is 80.7 cm³/mol. The third kappa shape index (κ3) is 4.55. The zero-order valence-corrected chi connectivity index (χ0v) is 12.7. The van der Waals surface area contributed by atoms with E-state index in [1.165, 1.54) is 6.07 Å². The first-order chi connectivity index (χ1) is 9.24. The molecule has 1 rings (SSSR count). The highest BCUT2D eigenvalue weighted by atomic mass is 32.2. The third-order valence-corrected chi connectivity index (χ3v) is 4.50. The summed E-state index contributed by atoms with van der Waals surface area (Å²) >= 11 is 4.84. The van der Waals surface area contributed by atoms with Gasteiger partial charge in [-0.15, -0.1) is 0 Å². The molecule has 0 saturated carbocycles. The van der Waals surface area contributed by atoms with Crippen LogP contribution in [-0.4, -0.2) is 25.9 Å². The van der Waals surface area contributed by atoms with Crippen molar-refractivity contribution >= 4 is 33.1 Å². The number of carbonyl (C=O) groups is 1. The van der Waals surface area contributed by atoms with E-state index >= 15 is 0 Å². The molecule has 110 valence electrons. The summed E-state index contributed by atoms with van der Waals surface area (Å²) in [5.41, 5.74) is 11.6. The number of nitrogens with two attached hydrogens (primary N) is 2. The fourth-order valence-electron chi connectivity index (χ4n) is 1.65. The molecule has 1 amide bonds. The van der Waals surface area contributed by atoms with Gasteiger partial charge >= 0.3 is 0 Å². The van der Waals surface area contributed by atoms with Crippen LogP contribution in [0.4, 0.5) is 0 Å². The molecule has 20 heavy (non-hydrogen) atoms. The highest BCUT2D eigenvalue weighted by Gasteiger charge is 2.16. The van der Waals surface area contributed by atoms with E-state index in [1.807, 2.05) is 0 Å². The third-order valence-electron chi connectivity index (χ3n) is 2.64. The minimum absolute atomic E-state index is 0.141. The Kier molecular flexibility index (Phi) is 5.61. The second-order valence-electron chi connectivity index (χ2n) is 4.31. The average molecular weight is 315 g/mol. The first kappa shape index (κ1) is 16.5. The van der Waals surface area contributed by atoms with Crippen LogP contribution in [0.25, 0.3) is 0 Å². The maximum Gasteiger partial charge on any atom is 0.240 e. The van der Waals surface area contributed by atoms with Crippen molar-refractivity contribution in [2.45, 2.75) is 24.7 Å². The van der Waals surface area contributed by atoms with Crippen molar-refractivity contribution in [1.29, 1.82) is 0 Å². The second kappa shape index (κ2) is 6.78. The van der Waals surface area contributed by atoms with E-state index in [2.05, 4.69) is 4.72 Å². The Morgan fingerprint density at radius 1 is 1.35 bits per heavy atom. The topological polar surface area (TPSA) is 115 Å². The molecular formula is C12H17N3O3S2. The molecule has 0 bridgehead atoms. The van der Waals surface area contributed by atoms with E-state index < -0.39 is 15.9 Å². The molecule has 0 saturated heterocycles. The van der Waals surface area contributed by atoms with Crippen molar-refractivity contribution in [2.24, 2.45) is 11.5 Å². The standard InChI is InChI=1S/C12H17N3O3S2/c1-8-7-9(12(14)19)4-5-10(8)20(17,18)15-6-2-3-11(13)16/h4-5,7,15H,2-3,6H2,1H3,(H2,13,16)(H2,14,19). The number of rotatable bonds is 7. The van der Waals surface area contributed by atoms with Gasteiger partial charge in [-0.1, -0.05) is 18.3 Å². The molecule has 0 spiro atoms. The van der Waals surface area contributed by atoms with Crippen molar-refractivity contribution < 1.29 is 13.2 Å². The molecule has 1 aromatic rings. The number of hydrogen-bond acceptors (Lipinski definition) is 4. The SMILES string of the molecule is Cc1cc(C(N)=S)ccc1S(=O)(=O)NCCCC(N)=O. The van der Waals surface area contributed by atoms with E-state index in [0.717, 1.165) is 0 Å². The molecule has 0 aliphatic rings. The Balaban J connectivity index is 2.82. The summed E-state index contributed by atoms with van der Waals surface area (Å²) < 4.78 is 26.6. The molecule has 0 unspecified atom stereocenters. The van der Waals surface area contributed by atoms with Crippen molar-refractivity contribution in [3.63, 3.8) is 0 Å². The molecule has 0 heterocycles. The van der Waals surface area contributed by atoms with Crippen LogP contribution >= 0.6 is 12.2 Å². The fourth-order valence-corrected chi connectivity index (χ4v) is 3.08. The van der Waals surface area contributed by atoms with Crippen LogP contribution in [-0.2, 0) is 14.8 Å². The monoisotopic (exact) mass is 315 g/mol. The summed E-state index contributed by atoms with van der Waals surface area (Å²) in [6.07, 6.45) is 0.500. The van der Waals surface area contributed by atoms with Gasteiger partial charge in [-0.2, -0.15) is 0 Å². The van der Waals surface area contributed by atoms with Crippen LogP contribution < -0.4 is 16.2 Å². The molecule has 0 radical (unpaired) electrons. The summed E-state index contributed by atoms with van der Waals surface area (Å²) in [4.78, 5) is 10.9. The van der Waals surface area contributed by atoms with Crippen molar-refractivity contribution in [2.75, 3.05) is 6.54 Å². The first-order valence-corrected chi connectivity index (χ1v) is 7.81. The van der Waals surface area contributed by atoms with Gasteiger partial charge in [0, 0.05) is 18.5 Å². The van der Waals surface area contributed by atoms with Crippen LogP contribution in [0.15, 0.2) is 23.1 Å². The highest BCUT2D eigenvalue weighted by molar-refractivity contribution is 7.89. The molecule has 5 N–H and O–H groups in total. The molecule has 0 aromatic heterocycles. The van der Waals surface area contributed by atoms with E-state index in [1.54, 1.807) is 19.1 Å². The maximum absolute atomic E-state index is 12.1. The van der Waals surface area contributed by atoms with Gasteiger partial charge in [-0.25, -0.2) is 13.1 Å². The van der Waals surface area contributed by atoms with E-state index in [9.17, 15) is 13.2 Å². The van der Waals surface area contributed by atoms with Crippen molar-refractivity contribution in [3.8, 4) is 0 Å². The summed E-state index contributed by atoms with van der Waals surface area (Å²) in [6.45, 7) is 1.82. The highest BCUT2D eigenvalue weighted by Crippen LogP contribution is 2.16. The number of nitrogens with one attached hydrogen (secondary N) is 1. The molecule has 0 fully saturated rings. The molecule has 1 aromatic carbocycles. The molecule has 0 aliphatic heterocycles. The number of amides is 1. The number of hydrogen-bond donors (Lipinski definition) is 3. The second-order valence-corrected chi connectivity index (χ2v) is 6.49. The van der Waals surface area contributed by atoms with Crippen LogP contribution in [0, 0.1) is 6.92 Å². The zero-order chi connectivity index (χ0) is 15.3. The quantitative estimate of drug-likeness (QED) is 0.490. The van der Waals surface area contributed by atoms with Gasteiger partial charge in [0.05, 0.1) is 4.90 Å². The molecule has 6 nitrogen and oxygen atoms in total. The smallest absolute Gasteiger partial charge is 0.240 e. The average Bonchev–Trinajstić information content (AvgIpc) is 2.34. The van der Waals surface area contributed by atoms with Gasteiger partial charge in [0.25, 0.3) is 0 Å². The molecular weight excluding hydrogens is 298 g/mol. The predicted octanol–water partition coefficient (Wildman–Crippen LogP) is 0.173. The van der Waals surface area contributed by atoms with E-state index in [-0.39, 0.29) is 22.8 Å². The minimum Gasteiger partial charge on any atom is -0.389 e. The lowest BCUT2D eigenvalue weighted by molar-refractivity contribution is -0.118. The number of benzene rings is 1. The van der Waals surface area contributed by atoms with Gasteiger partial charge in [-0.3, -0.25) is 4.79 Å². The van der Waals surface area contributed by atoms with Crippen molar-refractivity contribution in [1.82, 2.24) is 4.72 Å². The van der Waals surface area contributed by atoms with Crippen LogP contribution in [0.5, 0.6) is 0 Å². The normalized spacial score (nSPS) is 11.2. The molecule has 8 heteroatoms. The number of carbonyl (C=O) groups excluding carboxylic acids is 1. The lowest BCUT2D eigenvalue weighted by Gasteiger charge is -2.10. The summed E-state index contributed by atoms with van der Waals surface area (Å²) in [5.74, 6) is -0.457. The maximum atomic E-state index is 12.1. The first-order valence-electron chi connectivity index (χ1n) is 5.92. The number of aryl methyl sites for hydroxylation is 1. The minimum atomic E-state index is -3.62.